The molecule has 5 nitrogen and oxygen atoms in total. The first-order valence-electron chi connectivity index (χ1n) is 4.37. The van der Waals surface area contributed by atoms with Crippen molar-refractivity contribution in [2.75, 3.05) is 0 Å². The van der Waals surface area contributed by atoms with Crippen LogP contribution < -0.4 is 4.52 Å². The summed E-state index contributed by atoms with van der Waals surface area (Å²) in [7, 11) is -3.73. The number of hydrogen-bond donors (Lipinski definition) is 0. The molecule has 18 heavy (non-hydrogen) atoms. The summed E-state index contributed by atoms with van der Waals surface area (Å²) >= 11 is 22.0. The van der Waals surface area contributed by atoms with Crippen LogP contribution in [0.5, 0.6) is 5.75 Å². The van der Waals surface area contributed by atoms with Gasteiger partial charge in [-0.15, -0.1) is 0 Å². The molecule has 0 aliphatic heterocycles. The van der Waals surface area contributed by atoms with Crippen LogP contribution >= 0.6 is 53.8 Å². The summed E-state index contributed by atoms with van der Waals surface area (Å²) in [5.74, 6) is 0.0709. The molecule has 0 bridgehead atoms. The molecule has 1 aromatic carbocycles. The summed E-state index contributed by atoms with van der Waals surface area (Å²) in [6.45, 7) is 0. The summed E-state index contributed by atoms with van der Waals surface area (Å²) in [5.41, 5.74) is -0.140. The van der Waals surface area contributed by atoms with E-state index in [9.17, 15) is 14.7 Å². The Morgan fingerprint density at radius 3 is 1.89 bits per heavy atom. The molecule has 0 aliphatic carbocycles. The van der Waals surface area contributed by atoms with Crippen LogP contribution in [-0.4, -0.2) is 14.1 Å². The van der Waals surface area contributed by atoms with E-state index >= 15 is 0 Å². The molecule has 0 aliphatic rings. The van der Waals surface area contributed by atoms with Gasteiger partial charge >= 0.3 is 7.37 Å². The van der Waals surface area contributed by atoms with Gasteiger partial charge in [-0.3, -0.25) is 14.7 Å². The summed E-state index contributed by atoms with van der Waals surface area (Å²) in [4.78, 5) is 9.86. The highest BCUT2D eigenvalue weighted by Gasteiger charge is 2.40. The monoisotopic (exact) mass is 351 g/mol. The molecular formula is C8H6Cl4NO4P. The van der Waals surface area contributed by atoms with Crippen molar-refractivity contribution in [2.24, 2.45) is 0 Å². The van der Waals surface area contributed by atoms with Crippen molar-refractivity contribution in [1.29, 1.82) is 0 Å². The number of hydrogen-bond acceptors (Lipinski definition) is 4. The van der Waals surface area contributed by atoms with Gasteiger partial charge in [-0.25, -0.2) is 0 Å². The molecule has 0 amide bonds. The standard InChI is InChI=1S/C8H6Cl4NO4P/c9-7(10)18(16,8(11)12)17-6-3-1-5(2-4-6)13(14)15/h1-4,7-8H. The van der Waals surface area contributed by atoms with Crippen LogP contribution in [0.1, 0.15) is 0 Å². The number of nitro groups is 1. The maximum Gasteiger partial charge on any atom is 0.311 e. The molecule has 0 atom stereocenters. The molecule has 0 N–H and O–H groups in total. The lowest BCUT2D eigenvalue weighted by molar-refractivity contribution is -0.384. The van der Waals surface area contributed by atoms with Gasteiger partial charge in [-0.2, -0.15) is 0 Å². The van der Waals surface area contributed by atoms with Crippen molar-refractivity contribution in [2.45, 2.75) is 9.15 Å². The Morgan fingerprint density at radius 1 is 1.11 bits per heavy atom. The Balaban J connectivity index is 2.96. The van der Waals surface area contributed by atoms with Gasteiger partial charge in [0.1, 0.15) is 5.75 Å². The van der Waals surface area contributed by atoms with Crippen molar-refractivity contribution < 1.29 is 14.0 Å². The van der Waals surface area contributed by atoms with Gasteiger partial charge in [0.2, 0.25) is 0 Å². The summed E-state index contributed by atoms with van der Waals surface area (Å²) < 4.78 is 14.4. The molecule has 0 spiro atoms. The average Bonchev–Trinajstić information content (AvgIpc) is 2.29. The fourth-order valence-corrected chi connectivity index (χ4v) is 4.26. The van der Waals surface area contributed by atoms with Crippen LogP contribution in [0.4, 0.5) is 5.69 Å². The normalized spacial score (nSPS) is 11.9. The van der Waals surface area contributed by atoms with E-state index in [1.807, 2.05) is 0 Å². The zero-order valence-corrected chi connectivity index (χ0v) is 12.4. The van der Waals surface area contributed by atoms with E-state index in [1.54, 1.807) is 0 Å². The van der Waals surface area contributed by atoms with Crippen molar-refractivity contribution >= 4 is 59.5 Å². The molecule has 10 heteroatoms. The number of alkyl halides is 4. The Morgan fingerprint density at radius 2 is 1.56 bits per heavy atom. The van der Waals surface area contributed by atoms with Crippen LogP contribution in [0.2, 0.25) is 0 Å². The predicted octanol–water partition coefficient (Wildman–Crippen LogP) is 4.77. The molecule has 0 saturated carbocycles. The lowest BCUT2D eigenvalue weighted by atomic mass is 10.3. The molecule has 0 saturated heterocycles. The van der Waals surface area contributed by atoms with Gasteiger partial charge in [-0.05, 0) is 12.1 Å². The first kappa shape index (κ1) is 15.9. The van der Waals surface area contributed by atoms with Crippen LogP contribution in [0.3, 0.4) is 0 Å². The zero-order valence-electron chi connectivity index (χ0n) is 8.50. The third kappa shape index (κ3) is 3.65. The summed E-state index contributed by atoms with van der Waals surface area (Å²) in [6.07, 6.45) is 0. The minimum absolute atomic E-state index is 0.0709. The topological polar surface area (TPSA) is 69.4 Å². The second kappa shape index (κ2) is 6.31. The SMILES string of the molecule is O=[N+]([O-])c1ccc(OP(=O)(C(Cl)Cl)C(Cl)Cl)cc1. The molecular weight excluding hydrogens is 347 g/mol. The Labute approximate surface area is 123 Å². The second-order valence-electron chi connectivity index (χ2n) is 3.04. The largest absolute Gasteiger partial charge is 0.439 e. The summed E-state index contributed by atoms with van der Waals surface area (Å²) in [6, 6.07) is 4.84. The van der Waals surface area contributed by atoms with E-state index in [2.05, 4.69) is 0 Å². The second-order valence-corrected chi connectivity index (χ2v) is 8.96. The van der Waals surface area contributed by atoms with Gasteiger partial charge in [0.15, 0.2) is 9.15 Å². The Hall–Kier alpha value is -0.190. The number of non-ortho nitro benzene ring substituents is 1. The van der Waals surface area contributed by atoms with Crippen molar-refractivity contribution in [3.8, 4) is 5.75 Å². The van der Waals surface area contributed by atoms with Gasteiger partial charge in [0, 0.05) is 12.1 Å². The molecule has 0 aromatic heterocycles. The molecule has 1 rings (SSSR count). The van der Waals surface area contributed by atoms with Crippen molar-refractivity contribution in [1.82, 2.24) is 0 Å². The molecule has 1 aromatic rings. The number of rotatable bonds is 5. The quantitative estimate of drug-likeness (QED) is 0.331. The van der Waals surface area contributed by atoms with E-state index in [1.165, 1.54) is 24.3 Å². The van der Waals surface area contributed by atoms with Crippen molar-refractivity contribution in [3.63, 3.8) is 0 Å². The highest BCUT2D eigenvalue weighted by molar-refractivity contribution is 7.68. The van der Waals surface area contributed by atoms with Gasteiger partial charge in [-0.1, -0.05) is 46.4 Å². The summed E-state index contributed by atoms with van der Waals surface area (Å²) in [5, 5.41) is 10.4. The van der Waals surface area contributed by atoms with E-state index in [0.717, 1.165) is 0 Å². The van der Waals surface area contributed by atoms with Crippen LogP contribution in [-0.2, 0) is 4.57 Å². The predicted molar refractivity (Wildman–Crippen MR) is 72.3 cm³/mol. The lowest BCUT2D eigenvalue weighted by Crippen LogP contribution is -2.06. The first-order chi connectivity index (χ1) is 8.27. The van der Waals surface area contributed by atoms with Gasteiger partial charge in [0.25, 0.3) is 5.69 Å². The third-order valence-electron chi connectivity index (χ3n) is 1.84. The average molecular weight is 353 g/mol. The van der Waals surface area contributed by atoms with E-state index in [0.29, 0.717) is 0 Å². The van der Waals surface area contributed by atoms with Crippen LogP contribution in [0, 0.1) is 10.1 Å². The van der Waals surface area contributed by atoms with Crippen molar-refractivity contribution in [3.05, 3.63) is 34.4 Å². The smallest absolute Gasteiger partial charge is 0.311 e. The van der Waals surface area contributed by atoms with Gasteiger partial charge in [0.05, 0.1) is 4.92 Å². The maximum absolute atomic E-state index is 12.1. The number of nitro benzene ring substituents is 1. The Bertz CT molecular complexity index is 466. The first-order valence-corrected chi connectivity index (χ1v) is 7.88. The number of benzene rings is 1. The minimum Gasteiger partial charge on any atom is -0.439 e. The fraction of sp³-hybridized carbons (Fsp3) is 0.250. The molecule has 100 valence electrons. The third-order valence-corrected chi connectivity index (χ3v) is 6.69. The van der Waals surface area contributed by atoms with Gasteiger partial charge < -0.3 is 4.52 Å². The lowest BCUT2D eigenvalue weighted by Gasteiger charge is -2.20. The molecule has 0 heterocycles. The van der Waals surface area contributed by atoms with E-state index < -0.39 is 21.4 Å². The zero-order chi connectivity index (χ0) is 13.9. The molecule has 0 radical (unpaired) electrons. The molecule has 0 fully saturated rings. The number of nitrogens with zero attached hydrogens (tertiary/aromatic N) is 1. The van der Waals surface area contributed by atoms with Crippen LogP contribution in [0.15, 0.2) is 24.3 Å². The Kier molecular flexibility index (Phi) is 5.56. The number of halogens is 4. The highest BCUT2D eigenvalue weighted by Crippen LogP contribution is 2.61. The fourth-order valence-electron chi connectivity index (χ4n) is 0.958. The highest BCUT2D eigenvalue weighted by atomic mass is 35.5. The maximum atomic E-state index is 12.1. The van der Waals surface area contributed by atoms with E-state index in [4.69, 9.17) is 50.9 Å². The van der Waals surface area contributed by atoms with Crippen LogP contribution in [0.25, 0.3) is 0 Å². The minimum atomic E-state index is -3.73. The van der Waals surface area contributed by atoms with E-state index in [-0.39, 0.29) is 11.4 Å². The molecule has 0 unspecified atom stereocenters.